The molecule has 0 spiro atoms. The topological polar surface area (TPSA) is 65.2 Å². The van der Waals surface area contributed by atoms with Crippen LogP contribution in [0.15, 0.2) is 6.07 Å². The summed E-state index contributed by atoms with van der Waals surface area (Å²) in [5, 5.41) is 13.4. The van der Waals surface area contributed by atoms with Crippen molar-refractivity contribution in [3.8, 4) is 6.07 Å². The zero-order valence-electron chi connectivity index (χ0n) is 13.0. The molecule has 2 rings (SSSR count). The van der Waals surface area contributed by atoms with E-state index in [2.05, 4.69) is 16.1 Å². The summed E-state index contributed by atoms with van der Waals surface area (Å²) in [4.78, 5) is 16.6. The molecule has 0 bridgehead atoms. The van der Waals surface area contributed by atoms with Crippen molar-refractivity contribution in [3.05, 3.63) is 17.5 Å². The van der Waals surface area contributed by atoms with E-state index in [0.717, 1.165) is 31.6 Å². The van der Waals surface area contributed by atoms with E-state index in [1.807, 2.05) is 31.9 Å². The Morgan fingerprint density at radius 3 is 2.52 bits per heavy atom. The van der Waals surface area contributed by atoms with Gasteiger partial charge in [-0.3, -0.25) is 14.4 Å². The van der Waals surface area contributed by atoms with Crippen LogP contribution in [0.3, 0.4) is 0 Å². The molecule has 1 saturated heterocycles. The van der Waals surface area contributed by atoms with Gasteiger partial charge in [0.25, 0.3) is 5.91 Å². The van der Waals surface area contributed by atoms with Crippen LogP contribution >= 0.6 is 0 Å². The van der Waals surface area contributed by atoms with Gasteiger partial charge >= 0.3 is 0 Å². The summed E-state index contributed by atoms with van der Waals surface area (Å²) in [7, 11) is 1.81. The molecule has 0 N–H and O–H groups in total. The highest BCUT2D eigenvalue weighted by molar-refractivity contribution is 5.92. The lowest BCUT2D eigenvalue weighted by molar-refractivity contribution is 0.0594. The van der Waals surface area contributed by atoms with Crippen molar-refractivity contribution in [2.24, 2.45) is 7.05 Å². The van der Waals surface area contributed by atoms with Gasteiger partial charge in [-0.2, -0.15) is 10.4 Å². The van der Waals surface area contributed by atoms with Gasteiger partial charge in [-0.05, 0) is 18.9 Å². The molecule has 2 heterocycles. The molecule has 21 heavy (non-hydrogen) atoms. The maximum atomic E-state index is 12.5. The molecule has 0 saturated carbocycles. The number of rotatable bonds is 4. The Kier molecular flexibility index (Phi) is 4.97. The Bertz CT molecular complexity index is 537. The molecule has 1 amide bonds. The summed E-state index contributed by atoms with van der Waals surface area (Å²) in [5.74, 6) is 0.0364. The lowest BCUT2D eigenvalue weighted by Crippen LogP contribution is -2.51. The maximum absolute atomic E-state index is 12.5. The molecule has 1 fully saturated rings. The van der Waals surface area contributed by atoms with Crippen LogP contribution in [0.5, 0.6) is 0 Å². The van der Waals surface area contributed by atoms with E-state index in [1.165, 1.54) is 0 Å². The third-order valence-corrected chi connectivity index (χ3v) is 4.09. The average Bonchev–Trinajstić information content (AvgIpc) is 2.89. The zero-order chi connectivity index (χ0) is 15.4. The van der Waals surface area contributed by atoms with Crippen molar-refractivity contribution < 1.29 is 4.79 Å². The average molecular weight is 289 g/mol. The number of nitrogens with zero attached hydrogens (tertiary/aromatic N) is 5. The summed E-state index contributed by atoms with van der Waals surface area (Å²) < 4.78 is 1.66. The van der Waals surface area contributed by atoms with Gasteiger partial charge in [-0.15, -0.1) is 0 Å². The van der Waals surface area contributed by atoms with Gasteiger partial charge in [0.1, 0.15) is 5.69 Å². The number of aryl methyl sites for hydroxylation is 2. The minimum atomic E-state index is -0.0364. The Hall–Kier alpha value is -1.87. The van der Waals surface area contributed by atoms with E-state index in [-0.39, 0.29) is 11.9 Å². The first kappa shape index (κ1) is 15.5. The molecule has 1 unspecified atom stereocenters. The fourth-order valence-electron chi connectivity index (χ4n) is 2.73. The van der Waals surface area contributed by atoms with Crippen LogP contribution in [0, 0.1) is 11.3 Å². The summed E-state index contributed by atoms with van der Waals surface area (Å²) >= 11 is 0. The molecule has 114 valence electrons. The highest BCUT2D eigenvalue weighted by Gasteiger charge is 2.27. The molecular weight excluding hydrogens is 266 g/mol. The fraction of sp³-hybridized carbons (Fsp3) is 0.667. The first-order chi connectivity index (χ1) is 10.1. The van der Waals surface area contributed by atoms with Gasteiger partial charge in [0.15, 0.2) is 0 Å². The SMILES string of the molecule is CCc1cc(C(=O)N2CCN(C(C#N)CC)CC2)n(C)n1. The predicted octanol–water partition coefficient (Wildman–Crippen LogP) is 1.04. The monoisotopic (exact) mass is 289 g/mol. The normalized spacial score (nSPS) is 17.5. The van der Waals surface area contributed by atoms with Crippen LogP contribution < -0.4 is 0 Å². The van der Waals surface area contributed by atoms with Crippen molar-refractivity contribution in [1.29, 1.82) is 5.26 Å². The third-order valence-electron chi connectivity index (χ3n) is 4.09. The van der Waals surface area contributed by atoms with Crippen molar-refractivity contribution >= 4 is 5.91 Å². The lowest BCUT2D eigenvalue weighted by atomic mass is 10.1. The second-order valence-electron chi connectivity index (χ2n) is 5.38. The minimum absolute atomic E-state index is 0.0364. The third kappa shape index (κ3) is 3.24. The summed E-state index contributed by atoms with van der Waals surface area (Å²) in [6.07, 6.45) is 1.65. The highest BCUT2D eigenvalue weighted by Crippen LogP contribution is 2.13. The lowest BCUT2D eigenvalue weighted by Gasteiger charge is -2.36. The first-order valence-corrected chi connectivity index (χ1v) is 7.56. The molecule has 0 aliphatic carbocycles. The van der Waals surface area contributed by atoms with Crippen molar-refractivity contribution in [1.82, 2.24) is 19.6 Å². The molecule has 1 aliphatic rings. The molecule has 6 heteroatoms. The molecule has 1 aliphatic heterocycles. The van der Waals surface area contributed by atoms with Crippen molar-refractivity contribution in [2.75, 3.05) is 26.2 Å². The number of carbonyl (C=O) groups excluding carboxylic acids is 1. The highest BCUT2D eigenvalue weighted by atomic mass is 16.2. The van der Waals surface area contributed by atoms with Gasteiger partial charge in [-0.1, -0.05) is 13.8 Å². The Labute approximate surface area is 125 Å². The second kappa shape index (κ2) is 6.72. The van der Waals surface area contributed by atoms with Gasteiger partial charge < -0.3 is 4.90 Å². The van der Waals surface area contributed by atoms with Crippen molar-refractivity contribution in [2.45, 2.75) is 32.7 Å². The van der Waals surface area contributed by atoms with Crippen LogP contribution in [-0.2, 0) is 13.5 Å². The molecule has 1 aromatic heterocycles. The Morgan fingerprint density at radius 2 is 2.05 bits per heavy atom. The molecule has 0 aromatic carbocycles. The number of hydrogen-bond donors (Lipinski definition) is 0. The quantitative estimate of drug-likeness (QED) is 0.831. The summed E-state index contributed by atoms with van der Waals surface area (Å²) in [6.45, 7) is 6.91. The van der Waals surface area contributed by atoms with Crippen LogP contribution in [0.25, 0.3) is 0 Å². The van der Waals surface area contributed by atoms with E-state index in [4.69, 9.17) is 5.26 Å². The van der Waals surface area contributed by atoms with Gasteiger partial charge in [0.2, 0.25) is 0 Å². The second-order valence-corrected chi connectivity index (χ2v) is 5.38. The number of hydrogen-bond acceptors (Lipinski definition) is 4. The minimum Gasteiger partial charge on any atom is -0.335 e. The molecule has 1 atom stereocenters. The van der Waals surface area contributed by atoms with Gasteiger partial charge in [-0.25, -0.2) is 0 Å². The van der Waals surface area contributed by atoms with E-state index >= 15 is 0 Å². The molecule has 0 radical (unpaired) electrons. The predicted molar refractivity (Wildman–Crippen MR) is 79.8 cm³/mol. The summed E-state index contributed by atoms with van der Waals surface area (Å²) in [5.41, 5.74) is 1.59. The zero-order valence-corrected chi connectivity index (χ0v) is 13.0. The largest absolute Gasteiger partial charge is 0.335 e. The maximum Gasteiger partial charge on any atom is 0.272 e. The standard InChI is InChI=1S/C15H23N5O/c1-4-12-10-14(18(3)17-12)15(21)20-8-6-19(7-9-20)13(5-2)11-16/h10,13H,4-9H2,1-3H3. The number of nitriles is 1. The number of piperazine rings is 1. The number of carbonyl (C=O) groups is 1. The fourth-order valence-corrected chi connectivity index (χ4v) is 2.73. The van der Waals surface area contributed by atoms with E-state index in [0.29, 0.717) is 18.8 Å². The van der Waals surface area contributed by atoms with E-state index < -0.39 is 0 Å². The number of aromatic nitrogens is 2. The number of amides is 1. The van der Waals surface area contributed by atoms with Gasteiger partial charge in [0, 0.05) is 33.2 Å². The van der Waals surface area contributed by atoms with Crippen molar-refractivity contribution in [3.63, 3.8) is 0 Å². The molecular formula is C15H23N5O. The van der Waals surface area contributed by atoms with Crippen LogP contribution in [0.4, 0.5) is 0 Å². The van der Waals surface area contributed by atoms with Crippen LogP contribution in [-0.4, -0.2) is 57.7 Å². The van der Waals surface area contributed by atoms with Crippen LogP contribution in [0.1, 0.15) is 36.5 Å². The van der Waals surface area contributed by atoms with Gasteiger partial charge in [0.05, 0.1) is 17.8 Å². The first-order valence-electron chi connectivity index (χ1n) is 7.56. The molecule has 6 nitrogen and oxygen atoms in total. The Morgan fingerprint density at radius 1 is 1.38 bits per heavy atom. The molecule has 1 aromatic rings. The summed E-state index contributed by atoms with van der Waals surface area (Å²) in [6, 6.07) is 4.16. The Balaban J connectivity index is 2.00. The van der Waals surface area contributed by atoms with E-state index in [1.54, 1.807) is 4.68 Å². The van der Waals surface area contributed by atoms with E-state index in [9.17, 15) is 4.79 Å². The van der Waals surface area contributed by atoms with Crippen LogP contribution in [0.2, 0.25) is 0 Å². The smallest absolute Gasteiger partial charge is 0.272 e.